The van der Waals surface area contributed by atoms with Gasteiger partial charge in [-0.1, -0.05) is 38.0 Å². The molecule has 1 aromatic carbocycles. The van der Waals surface area contributed by atoms with Crippen LogP contribution in [-0.4, -0.2) is 26.3 Å². The van der Waals surface area contributed by atoms with Gasteiger partial charge in [0.25, 0.3) is 5.56 Å². The van der Waals surface area contributed by atoms with Gasteiger partial charge in [-0.2, -0.15) is 5.10 Å². The van der Waals surface area contributed by atoms with Gasteiger partial charge in [-0.05, 0) is 24.8 Å². The summed E-state index contributed by atoms with van der Waals surface area (Å²) in [4.78, 5) is 25.4. The van der Waals surface area contributed by atoms with E-state index in [1.54, 1.807) is 6.20 Å². The van der Waals surface area contributed by atoms with E-state index in [4.69, 9.17) is 0 Å². The second kappa shape index (κ2) is 6.59. The number of nitrogens with one attached hydrogen (secondary N) is 1. The van der Waals surface area contributed by atoms with Crippen molar-refractivity contribution in [3.05, 3.63) is 40.8 Å². The highest BCUT2D eigenvalue weighted by atomic mass is 16.2. The number of carbonyl (C=O) groups excluding carboxylic acids is 1. The van der Waals surface area contributed by atoms with Gasteiger partial charge in [-0.15, -0.1) is 0 Å². The molecule has 2 heterocycles. The number of amides is 1. The smallest absolute Gasteiger partial charge is 0.291 e. The van der Waals surface area contributed by atoms with E-state index in [1.165, 1.54) is 11.1 Å². The van der Waals surface area contributed by atoms with E-state index in [1.807, 2.05) is 35.9 Å². The number of hydrogen-bond acceptors (Lipinski definition) is 3. The number of para-hydroxylation sites is 1. The maximum absolute atomic E-state index is 12.9. The quantitative estimate of drug-likeness (QED) is 0.788. The molecule has 0 bridgehead atoms. The molecule has 0 saturated heterocycles. The summed E-state index contributed by atoms with van der Waals surface area (Å²) in [6, 6.07) is 8.07. The van der Waals surface area contributed by atoms with E-state index in [2.05, 4.69) is 17.3 Å². The van der Waals surface area contributed by atoms with Crippen LogP contribution >= 0.6 is 0 Å². The second-order valence-corrected chi connectivity index (χ2v) is 7.38. The Morgan fingerprint density at radius 3 is 2.81 bits per heavy atom. The van der Waals surface area contributed by atoms with Gasteiger partial charge in [-0.3, -0.25) is 9.59 Å². The fraction of sp³-hybridized carbons (Fsp3) is 0.450. The summed E-state index contributed by atoms with van der Waals surface area (Å²) in [5.74, 6) is 0.342. The van der Waals surface area contributed by atoms with Crippen LogP contribution in [0.4, 0.5) is 0 Å². The predicted molar refractivity (Wildman–Crippen MR) is 102 cm³/mol. The lowest BCUT2D eigenvalue weighted by Crippen LogP contribution is -2.43. The molecule has 1 aliphatic carbocycles. The van der Waals surface area contributed by atoms with E-state index in [9.17, 15) is 9.59 Å². The number of carbonyl (C=O) groups is 1. The third-order valence-corrected chi connectivity index (χ3v) is 5.66. The van der Waals surface area contributed by atoms with Gasteiger partial charge in [0.1, 0.15) is 12.1 Å². The van der Waals surface area contributed by atoms with Gasteiger partial charge in [0.2, 0.25) is 5.91 Å². The van der Waals surface area contributed by atoms with Crippen molar-refractivity contribution in [3.63, 3.8) is 0 Å². The third kappa shape index (κ3) is 2.79. The number of aromatic nitrogens is 3. The minimum Gasteiger partial charge on any atom is -0.351 e. The molecule has 6 nitrogen and oxygen atoms in total. The first kappa shape index (κ1) is 16.8. The number of rotatable bonds is 3. The van der Waals surface area contributed by atoms with Crippen molar-refractivity contribution in [1.82, 2.24) is 19.7 Å². The van der Waals surface area contributed by atoms with E-state index in [-0.39, 0.29) is 24.1 Å². The molecule has 2 atom stereocenters. The Hall–Kier alpha value is -2.63. The minimum absolute atomic E-state index is 0.0421. The average Bonchev–Trinajstić information content (AvgIpc) is 2.93. The van der Waals surface area contributed by atoms with E-state index < -0.39 is 0 Å². The minimum atomic E-state index is -0.229. The molecular weight excluding hydrogens is 328 g/mol. The van der Waals surface area contributed by atoms with Crippen LogP contribution in [0, 0.1) is 5.92 Å². The second-order valence-electron chi connectivity index (χ2n) is 7.38. The Morgan fingerprint density at radius 1 is 1.23 bits per heavy atom. The first-order chi connectivity index (χ1) is 12.6. The normalized spacial score (nSPS) is 20.5. The lowest BCUT2D eigenvalue weighted by Gasteiger charge is -2.29. The molecule has 1 aliphatic rings. The first-order valence-electron chi connectivity index (χ1n) is 9.29. The van der Waals surface area contributed by atoms with Crippen molar-refractivity contribution < 1.29 is 4.79 Å². The summed E-state index contributed by atoms with van der Waals surface area (Å²) in [5.41, 5.74) is 1.34. The van der Waals surface area contributed by atoms with Crippen molar-refractivity contribution in [2.24, 2.45) is 13.0 Å². The molecule has 6 heteroatoms. The molecule has 4 rings (SSSR count). The Balaban J connectivity index is 1.64. The van der Waals surface area contributed by atoms with Crippen molar-refractivity contribution in [2.45, 2.75) is 45.2 Å². The molecule has 1 amide bonds. The summed E-state index contributed by atoms with van der Waals surface area (Å²) in [6.07, 6.45) is 6.22. The molecule has 1 fully saturated rings. The predicted octanol–water partition coefficient (Wildman–Crippen LogP) is 2.58. The summed E-state index contributed by atoms with van der Waals surface area (Å²) in [5, 5.41) is 9.17. The highest BCUT2D eigenvalue weighted by Gasteiger charge is 2.23. The first-order valence-corrected chi connectivity index (χ1v) is 9.29. The van der Waals surface area contributed by atoms with Crippen molar-refractivity contribution >= 4 is 27.7 Å². The third-order valence-electron chi connectivity index (χ3n) is 5.66. The summed E-state index contributed by atoms with van der Waals surface area (Å²) in [7, 11) is 1.88. The van der Waals surface area contributed by atoms with Gasteiger partial charge in [0.15, 0.2) is 0 Å². The SMILES string of the molecule is C[C@H]1CCCC[C@@H]1NC(=O)Cn1ncc2c3ccccc3n(C)c2c1=O. The molecule has 3 aromatic rings. The molecule has 26 heavy (non-hydrogen) atoms. The van der Waals surface area contributed by atoms with E-state index in [0.29, 0.717) is 11.4 Å². The molecule has 2 aromatic heterocycles. The van der Waals surface area contributed by atoms with Crippen LogP contribution < -0.4 is 10.9 Å². The van der Waals surface area contributed by atoms with E-state index >= 15 is 0 Å². The fourth-order valence-electron chi connectivity index (χ4n) is 4.15. The molecule has 1 N–H and O–H groups in total. The molecule has 0 spiro atoms. The standard InChI is InChI=1S/C20H24N4O2/c1-13-7-3-5-9-16(13)22-18(25)12-24-20(26)19-15(11-21-24)14-8-4-6-10-17(14)23(19)2/h4,6,8,10-11,13,16H,3,5,7,9,12H2,1-2H3,(H,22,25)/t13-,16-/m0/s1. The van der Waals surface area contributed by atoms with Crippen molar-refractivity contribution in [1.29, 1.82) is 0 Å². The molecule has 0 aliphatic heterocycles. The largest absolute Gasteiger partial charge is 0.351 e. The average molecular weight is 352 g/mol. The molecule has 0 unspecified atom stereocenters. The number of aryl methyl sites for hydroxylation is 1. The van der Waals surface area contributed by atoms with Crippen LogP contribution in [0.15, 0.2) is 35.3 Å². The highest BCUT2D eigenvalue weighted by Crippen LogP contribution is 2.25. The zero-order chi connectivity index (χ0) is 18.3. The van der Waals surface area contributed by atoms with Crippen molar-refractivity contribution in [2.75, 3.05) is 0 Å². The van der Waals surface area contributed by atoms with Gasteiger partial charge >= 0.3 is 0 Å². The highest BCUT2D eigenvalue weighted by molar-refractivity contribution is 6.07. The van der Waals surface area contributed by atoms with Gasteiger partial charge in [0, 0.05) is 29.4 Å². The van der Waals surface area contributed by atoms with Crippen LogP contribution in [0.2, 0.25) is 0 Å². The molecular formula is C20H24N4O2. The Bertz CT molecular complexity index is 1030. The monoisotopic (exact) mass is 352 g/mol. The molecule has 136 valence electrons. The number of nitrogens with zero attached hydrogens (tertiary/aromatic N) is 3. The Kier molecular flexibility index (Phi) is 4.26. The van der Waals surface area contributed by atoms with Gasteiger partial charge < -0.3 is 9.88 Å². The molecule has 1 saturated carbocycles. The Morgan fingerprint density at radius 2 is 2.00 bits per heavy atom. The lowest BCUT2D eigenvalue weighted by atomic mass is 9.86. The molecule has 0 radical (unpaired) electrons. The zero-order valence-electron chi connectivity index (χ0n) is 15.2. The van der Waals surface area contributed by atoms with Crippen LogP contribution in [0.25, 0.3) is 21.8 Å². The number of fused-ring (bicyclic) bond motifs is 3. The van der Waals surface area contributed by atoms with E-state index in [0.717, 1.165) is 35.6 Å². The van der Waals surface area contributed by atoms with Gasteiger partial charge in [-0.25, -0.2) is 4.68 Å². The van der Waals surface area contributed by atoms with Gasteiger partial charge in [0.05, 0.1) is 6.20 Å². The van der Waals surface area contributed by atoms with Crippen LogP contribution in [0.1, 0.15) is 32.6 Å². The van der Waals surface area contributed by atoms with Crippen LogP contribution in [-0.2, 0) is 18.4 Å². The number of benzene rings is 1. The summed E-state index contributed by atoms with van der Waals surface area (Å²) < 4.78 is 3.15. The maximum Gasteiger partial charge on any atom is 0.291 e. The maximum atomic E-state index is 12.9. The summed E-state index contributed by atoms with van der Waals surface area (Å²) in [6.45, 7) is 2.13. The Labute approximate surface area is 151 Å². The van der Waals surface area contributed by atoms with Crippen LogP contribution in [0.5, 0.6) is 0 Å². The number of hydrogen-bond donors (Lipinski definition) is 1. The van der Waals surface area contributed by atoms with Crippen molar-refractivity contribution in [3.8, 4) is 0 Å². The lowest BCUT2D eigenvalue weighted by molar-refractivity contribution is -0.123. The van der Waals surface area contributed by atoms with Crippen LogP contribution in [0.3, 0.4) is 0 Å². The topological polar surface area (TPSA) is 68.9 Å². The zero-order valence-corrected chi connectivity index (χ0v) is 15.2. The summed E-state index contributed by atoms with van der Waals surface area (Å²) >= 11 is 0. The fourth-order valence-corrected chi connectivity index (χ4v) is 4.15.